The van der Waals surface area contributed by atoms with Gasteiger partial charge in [-0.3, -0.25) is 9.59 Å². The van der Waals surface area contributed by atoms with Gasteiger partial charge in [-0.05, 0) is 71.1 Å². The number of carbonyl (C=O) groups is 2. The third-order valence-electron chi connectivity index (χ3n) is 3.92. The van der Waals surface area contributed by atoms with E-state index in [4.69, 9.17) is 10.5 Å². The molecule has 0 aromatic heterocycles. The van der Waals surface area contributed by atoms with E-state index in [0.717, 1.165) is 12.1 Å². The molecule has 0 bridgehead atoms. The molecule has 6 nitrogen and oxygen atoms in total. The molecule has 0 radical (unpaired) electrons. The van der Waals surface area contributed by atoms with Gasteiger partial charge in [-0.2, -0.15) is 0 Å². The Morgan fingerprint density at radius 1 is 1.00 bits per heavy atom. The lowest BCUT2D eigenvalue weighted by molar-refractivity contribution is -0.114. The van der Waals surface area contributed by atoms with Crippen LogP contribution in [0.1, 0.15) is 17.3 Å². The number of carbonyl (C=O) groups excluding carboxylic acids is 2. The molecule has 0 fully saturated rings. The van der Waals surface area contributed by atoms with E-state index in [9.17, 15) is 18.4 Å². The molecule has 0 aliphatic heterocycles. The molecule has 3 aromatic carbocycles. The highest BCUT2D eigenvalue weighted by Gasteiger charge is 2.19. The second kappa shape index (κ2) is 9.08. The minimum Gasteiger partial charge on any atom is -0.456 e. The zero-order chi connectivity index (χ0) is 21.8. The number of primary amides is 1. The fourth-order valence-electron chi connectivity index (χ4n) is 2.69. The van der Waals surface area contributed by atoms with Gasteiger partial charge >= 0.3 is 0 Å². The Hall–Kier alpha value is -3.21. The summed E-state index contributed by atoms with van der Waals surface area (Å²) in [5.41, 5.74) is 5.91. The van der Waals surface area contributed by atoms with Crippen molar-refractivity contribution in [3.8, 4) is 11.5 Å². The second-order valence-electron chi connectivity index (χ2n) is 6.25. The van der Waals surface area contributed by atoms with E-state index in [1.54, 1.807) is 18.2 Å². The Morgan fingerprint density at radius 3 is 2.30 bits per heavy atom. The topological polar surface area (TPSA) is 93.4 Å². The van der Waals surface area contributed by atoms with Crippen molar-refractivity contribution in [2.45, 2.75) is 6.92 Å². The van der Waals surface area contributed by atoms with Crippen LogP contribution in [-0.2, 0) is 4.79 Å². The molecule has 4 N–H and O–H groups in total. The van der Waals surface area contributed by atoms with E-state index >= 15 is 0 Å². The van der Waals surface area contributed by atoms with Crippen molar-refractivity contribution in [2.75, 3.05) is 10.6 Å². The maximum Gasteiger partial charge on any atom is 0.254 e. The monoisotopic (exact) mass is 523 g/mol. The van der Waals surface area contributed by atoms with Crippen LogP contribution in [0.4, 0.5) is 25.8 Å². The zero-order valence-corrected chi connectivity index (χ0v) is 17.8. The molecule has 9 heteroatoms. The summed E-state index contributed by atoms with van der Waals surface area (Å²) < 4.78 is 34.8. The van der Waals surface area contributed by atoms with Gasteiger partial charge < -0.3 is 21.1 Å². The first-order valence-corrected chi connectivity index (χ1v) is 9.71. The second-order valence-corrected chi connectivity index (χ2v) is 7.49. The van der Waals surface area contributed by atoms with E-state index in [-0.39, 0.29) is 34.3 Å². The number of hydrogen-bond donors (Lipinski definition) is 3. The lowest BCUT2D eigenvalue weighted by Gasteiger charge is -2.16. The minimum absolute atomic E-state index is 0.0347. The first kappa shape index (κ1) is 21.5. The number of hydrogen-bond acceptors (Lipinski definition) is 4. The maximum absolute atomic E-state index is 14.2. The summed E-state index contributed by atoms with van der Waals surface area (Å²) in [6.07, 6.45) is 0. The van der Waals surface area contributed by atoms with Gasteiger partial charge in [-0.25, -0.2) is 8.78 Å². The van der Waals surface area contributed by atoms with Crippen LogP contribution in [0, 0.1) is 15.2 Å². The first-order valence-electron chi connectivity index (χ1n) is 8.64. The molecular weight excluding hydrogens is 507 g/mol. The van der Waals surface area contributed by atoms with Gasteiger partial charge in [0.05, 0.1) is 11.4 Å². The number of rotatable bonds is 6. The smallest absolute Gasteiger partial charge is 0.254 e. The molecule has 154 valence electrons. The van der Waals surface area contributed by atoms with Crippen molar-refractivity contribution in [2.24, 2.45) is 5.73 Å². The van der Waals surface area contributed by atoms with Crippen LogP contribution < -0.4 is 21.1 Å². The van der Waals surface area contributed by atoms with Crippen molar-refractivity contribution in [1.29, 1.82) is 0 Å². The molecule has 0 spiro atoms. The molecule has 3 rings (SSSR count). The van der Waals surface area contributed by atoms with E-state index in [1.165, 1.54) is 31.2 Å². The summed E-state index contributed by atoms with van der Waals surface area (Å²) in [7, 11) is 0. The van der Waals surface area contributed by atoms with Crippen LogP contribution in [0.2, 0.25) is 0 Å². The van der Waals surface area contributed by atoms with Crippen LogP contribution >= 0.6 is 22.6 Å². The van der Waals surface area contributed by atoms with Gasteiger partial charge in [0.1, 0.15) is 28.7 Å². The largest absolute Gasteiger partial charge is 0.456 e. The average molecular weight is 523 g/mol. The lowest BCUT2D eigenvalue weighted by Crippen LogP contribution is -2.15. The van der Waals surface area contributed by atoms with Gasteiger partial charge in [-0.15, -0.1) is 0 Å². The molecule has 30 heavy (non-hydrogen) atoms. The molecule has 0 aliphatic carbocycles. The third kappa shape index (κ3) is 5.23. The number of ether oxygens (including phenoxy) is 1. The summed E-state index contributed by atoms with van der Waals surface area (Å²) in [5.74, 6) is -2.25. The van der Waals surface area contributed by atoms with Gasteiger partial charge in [0, 0.05) is 22.2 Å². The highest BCUT2D eigenvalue weighted by atomic mass is 127. The van der Waals surface area contributed by atoms with E-state index in [2.05, 4.69) is 10.6 Å². The standard InChI is InChI=1S/C21H16F2IN3O3/c1-11(28)26-14-3-5-15(6-4-14)30-19-9-12(22)8-18(20(19)21(25)29)27-17-7-2-13(24)10-16(17)23/h2-10,27H,1H3,(H2,25,29)(H,26,28). The van der Waals surface area contributed by atoms with Crippen molar-refractivity contribution in [1.82, 2.24) is 0 Å². The molecular formula is C21H16F2IN3O3. The molecule has 0 saturated carbocycles. The summed E-state index contributed by atoms with van der Waals surface area (Å²) in [4.78, 5) is 23.2. The maximum atomic E-state index is 14.2. The Kier molecular flexibility index (Phi) is 6.50. The van der Waals surface area contributed by atoms with Crippen molar-refractivity contribution in [3.05, 3.63) is 75.4 Å². The summed E-state index contributed by atoms with van der Waals surface area (Å²) in [5, 5.41) is 5.31. The number of anilines is 3. The van der Waals surface area contributed by atoms with Crippen LogP contribution in [0.25, 0.3) is 0 Å². The van der Waals surface area contributed by atoms with Crippen LogP contribution in [0.5, 0.6) is 11.5 Å². The quantitative estimate of drug-likeness (QED) is 0.389. The predicted octanol–water partition coefficient (Wildman–Crippen LogP) is 5.16. The summed E-state index contributed by atoms with van der Waals surface area (Å²) >= 11 is 1.96. The van der Waals surface area contributed by atoms with Crippen LogP contribution in [0.3, 0.4) is 0 Å². The molecule has 0 atom stereocenters. The van der Waals surface area contributed by atoms with Gasteiger partial charge in [-0.1, -0.05) is 0 Å². The Morgan fingerprint density at radius 2 is 1.70 bits per heavy atom. The highest BCUT2D eigenvalue weighted by Crippen LogP contribution is 2.34. The molecule has 0 saturated heterocycles. The van der Waals surface area contributed by atoms with Crippen molar-refractivity contribution in [3.63, 3.8) is 0 Å². The van der Waals surface area contributed by atoms with E-state index in [0.29, 0.717) is 9.26 Å². The van der Waals surface area contributed by atoms with Crippen LogP contribution in [0.15, 0.2) is 54.6 Å². The van der Waals surface area contributed by atoms with Crippen LogP contribution in [-0.4, -0.2) is 11.8 Å². The Labute approximate surface area is 184 Å². The highest BCUT2D eigenvalue weighted by molar-refractivity contribution is 14.1. The first-order chi connectivity index (χ1) is 14.2. The van der Waals surface area contributed by atoms with Gasteiger partial charge in [0.25, 0.3) is 5.91 Å². The summed E-state index contributed by atoms with van der Waals surface area (Å²) in [6, 6.07) is 12.7. The number of benzene rings is 3. The molecule has 0 heterocycles. The fourth-order valence-corrected chi connectivity index (χ4v) is 3.14. The molecule has 2 amide bonds. The number of nitrogens with one attached hydrogen (secondary N) is 2. The van der Waals surface area contributed by atoms with Gasteiger partial charge in [0.2, 0.25) is 5.91 Å². The fraction of sp³-hybridized carbons (Fsp3) is 0.0476. The zero-order valence-electron chi connectivity index (χ0n) is 15.6. The van der Waals surface area contributed by atoms with Gasteiger partial charge in [0.15, 0.2) is 0 Å². The van der Waals surface area contributed by atoms with Crippen molar-refractivity contribution >= 4 is 51.5 Å². The normalized spacial score (nSPS) is 10.4. The lowest BCUT2D eigenvalue weighted by atomic mass is 10.1. The molecule has 3 aromatic rings. The number of halogens is 3. The minimum atomic E-state index is -0.881. The number of nitrogens with two attached hydrogens (primary N) is 1. The number of amides is 2. The summed E-state index contributed by atoms with van der Waals surface area (Å²) in [6.45, 7) is 1.38. The Bertz CT molecular complexity index is 1120. The van der Waals surface area contributed by atoms with E-state index < -0.39 is 17.5 Å². The third-order valence-corrected chi connectivity index (χ3v) is 4.59. The Balaban J connectivity index is 1.96. The van der Waals surface area contributed by atoms with E-state index in [1.807, 2.05) is 22.6 Å². The predicted molar refractivity (Wildman–Crippen MR) is 118 cm³/mol. The molecule has 0 unspecified atom stereocenters. The van der Waals surface area contributed by atoms with Crippen molar-refractivity contribution < 1.29 is 23.1 Å². The molecule has 0 aliphatic rings. The average Bonchev–Trinajstić information content (AvgIpc) is 2.64. The SMILES string of the molecule is CC(=O)Nc1ccc(Oc2cc(F)cc(Nc3ccc(I)cc3F)c2C(N)=O)cc1.